The van der Waals surface area contributed by atoms with Crippen molar-refractivity contribution in [3.63, 3.8) is 0 Å². The first-order valence-corrected chi connectivity index (χ1v) is 6.07. The van der Waals surface area contributed by atoms with Crippen LogP contribution in [0.15, 0.2) is 18.2 Å². The molecule has 0 bridgehead atoms. The number of benzene rings is 1. The first-order chi connectivity index (χ1) is 9.70. The normalized spacial score (nSPS) is 13.1. The highest BCUT2D eigenvalue weighted by Gasteiger charge is 2.37. The summed E-state index contributed by atoms with van der Waals surface area (Å²) in [6.07, 6.45) is -9.99. The van der Waals surface area contributed by atoms with Crippen LogP contribution in [0.4, 0.5) is 26.3 Å². The van der Waals surface area contributed by atoms with Gasteiger partial charge < -0.3 is 11.1 Å². The van der Waals surface area contributed by atoms with Crippen LogP contribution in [-0.2, 0) is 12.4 Å². The van der Waals surface area contributed by atoms with E-state index >= 15 is 0 Å². The van der Waals surface area contributed by atoms with Crippen LogP contribution < -0.4 is 11.1 Å². The highest BCUT2D eigenvalue weighted by atomic mass is 19.4. The highest BCUT2D eigenvalue weighted by Crippen LogP contribution is 2.36. The molecule has 0 saturated heterocycles. The van der Waals surface area contributed by atoms with Crippen molar-refractivity contribution in [2.24, 2.45) is 5.73 Å². The first kappa shape index (κ1) is 18.3. The maximum Gasteiger partial charge on any atom is 0.416 e. The molecule has 124 valence electrons. The molecular weight excluding hydrogens is 314 g/mol. The van der Waals surface area contributed by atoms with Crippen molar-refractivity contribution in [2.45, 2.75) is 31.7 Å². The Morgan fingerprint density at radius 3 is 1.73 bits per heavy atom. The van der Waals surface area contributed by atoms with Gasteiger partial charge in [0, 0.05) is 17.6 Å². The molecular formula is C13H14F6N2O. The van der Waals surface area contributed by atoms with E-state index in [2.05, 4.69) is 5.32 Å². The van der Waals surface area contributed by atoms with E-state index in [1.54, 1.807) is 13.8 Å². The third kappa shape index (κ3) is 5.21. The van der Waals surface area contributed by atoms with Crippen LogP contribution >= 0.6 is 0 Å². The van der Waals surface area contributed by atoms with Gasteiger partial charge in [-0.15, -0.1) is 0 Å². The van der Waals surface area contributed by atoms with Crippen molar-refractivity contribution in [3.05, 3.63) is 34.9 Å². The Kier molecular flexibility index (Phi) is 4.81. The summed E-state index contributed by atoms with van der Waals surface area (Å²) >= 11 is 0. The van der Waals surface area contributed by atoms with Gasteiger partial charge in [-0.25, -0.2) is 0 Å². The fourth-order valence-electron chi connectivity index (χ4n) is 1.50. The van der Waals surface area contributed by atoms with E-state index in [1.807, 2.05) is 0 Å². The van der Waals surface area contributed by atoms with Crippen molar-refractivity contribution in [2.75, 3.05) is 6.54 Å². The molecule has 0 aliphatic carbocycles. The molecule has 0 aliphatic rings. The fourth-order valence-corrected chi connectivity index (χ4v) is 1.50. The summed E-state index contributed by atoms with van der Waals surface area (Å²) in [4.78, 5) is 11.7. The molecule has 3 nitrogen and oxygen atoms in total. The van der Waals surface area contributed by atoms with E-state index in [4.69, 9.17) is 5.73 Å². The highest BCUT2D eigenvalue weighted by molar-refractivity contribution is 5.94. The van der Waals surface area contributed by atoms with Gasteiger partial charge in [-0.3, -0.25) is 4.79 Å². The smallest absolute Gasteiger partial charge is 0.350 e. The molecule has 0 fully saturated rings. The van der Waals surface area contributed by atoms with Gasteiger partial charge in [0.2, 0.25) is 0 Å². The lowest BCUT2D eigenvalue weighted by Gasteiger charge is -2.19. The second-order valence-corrected chi connectivity index (χ2v) is 5.47. The van der Waals surface area contributed by atoms with E-state index in [9.17, 15) is 31.1 Å². The monoisotopic (exact) mass is 328 g/mol. The molecule has 0 heterocycles. The zero-order valence-corrected chi connectivity index (χ0v) is 11.7. The maximum absolute atomic E-state index is 12.7. The van der Waals surface area contributed by atoms with E-state index in [1.165, 1.54) is 0 Å². The van der Waals surface area contributed by atoms with Crippen molar-refractivity contribution in [3.8, 4) is 0 Å². The minimum absolute atomic E-state index is 0.0380. The lowest BCUT2D eigenvalue weighted by Crippen LogP contribution is -2.45. The Hall–Kier alpha value is -1.77. The van der Waals surface area contributed by atoms with Crippen LogP contribution in [-0.4, -0.2) is 18.0 Å². The fraction of sp³-hybridized carbons (Fsp3) is 0.462. The SMILES string of the molecule is CC(C)(N)CNC(=O)c1cc(C(F)(F)F)cc(C(F)(F)F)c1. The van der Waals surface area contributed by atoms with Gasteiger partial charge in [-0.2, -0.15) is 26.3 Å². The minimum atomic E-state index is -5.00. The number of rotatable bonds is 3. The van der Waals surface area contributed by atoms with Gasteiger partial charge in [-0.1, -0.05) is 0 Å². The van der Waals surface area contributed by atoms with Gasteiger partial charge >= 0.3 is 12.4 Å². The van der Waals surface area contributed by atoms with Crippen LogP contribution in [0.2, 0.25) is 0 Å². The number of carbonyl (C=O) groups is 1. The molecule has 0 aromatic heterocycles. The van der Waals surface area contributed by atoms with Gasteiger partial charge in [0.15, 0.2) is 0 Å². The lowest BCUT2D eigenvalue weighted by molar-refractivity contribution is -0.143. The van der Waals surface area contributed by atoms with Crippen molar-refractivity contribution < 1.29 is 31.1 Å². The number of nitrogens with two attached hydrogens (primary N) is 1. The van der Waals surface area contributed by atoms with Gasteiger partial charge in [0.1, 0.15) is 0 Å². The number of amides is 1. The molecule has 22 heavy (non-hydrogen) atoms. The molecule has 0 aliphatic heterocycles. The standard InChI is InChI=1S/C13H14F6N2O/c1-11(2,20)6-21-10(22)7-3-8(12(14,15)16)5-9(4-7)13(17,18)19/h3-5H,6,20H2,1-2H3,(H,21,22). The van der Waals surface area contributed by atoms with E-state index in [-0.39, 0.29) is 12.6 Å². The molecule has 3 N–H and O–H groups in total. The predicted octanol–water partition coefficient (Wildman–Crippen LogP) is 3.19. The average molecular weight is 328 g/mol. The summed E-state index contributed by atoms with van der Waals surface area (Å²) < 4.78 is 75.9. The molecule has 9 heteroatoms. The lowest BCUT2D eigenvalue weighted by atomic mass is 10.0. The number of carbonyl (C=O) groups excluding carboxylic acids is 1. The summed E-state index contributed by atoms with van der Waals surface area (Å²) in [5, 5.41) is 2.20. The quantitative estimate of drug-likeness (QED) is 0.837. The number of nitrogens with one attached hydrogen (secondary N) is 1. The molecule has 1 aromatic carbocycles. The largest absolute Gasteiger partial charge is 0.416 e. The minimum Gasteiger partial charge on any atom is -0.350 e. The van der Waals surface area contributed by atoms with Crippen LogP contribution in [0, 0.1) is 0 Å². The Balaban J connectivity index is 3.21. The third-order valence-electron chi connectivity index (χ3n) is 2.55. The van der Waals surface area contributed by atoms with Gasteiger partial charge in [-0.05, 0) is 32.0 Å². The number of hydrogen-bond donors (Lipinski definition) is 2. The van der Waals surface area contributed by atoms with Crippen LogP contribution in [0.25, 0.3) is 0 Å². The van der Waals surface area contributed by atoms with Crippen molar-refractivity contribution in [1.29, 1.82) is 0 Å². The molecule has 0 unspecified atom stereocenters. The van der Waals surface area contributed by atoms with E-state index in [0.717, 1.165) is 0 Å². The zero-order valence-electron chi connectivity index (χ0n) is 11.7. The predicted molar refractivity (Wildman–Crippen MR) is 67.0 cm³/mol. The molecule has 0 saturated carbocycles. The summed E-state index contributed by atoms with van der Waals surface area (Å²) in [6, 6.07) is 0.700. The maximum atomic E-state index is 12.7. The topological polar surface area (TPSA) is 55.1 Å². The van der Waals surface area contributed by atoms with Crippen LogP contribution in [0.5, 0.6) is 0 Å². The Bertz CT molecular complexity index is 525. The Labute approximate surface area is 122 Å². The molecule has 1 aromatic rings. The number of hydrogen-bond acceptors (Lipinski definition) is 2. The Morgan fingerprint density at radius 1 is 1.00 bits per heavy atom. The Morgan fingerprint density at radius 2 is 1.41 bits per heavy atom. The second-order valence-electron chi connectivity index (χ2n) is 5.47. The van der Waals surface area contributed by atoms with E-state index in [0.29, 0.717) is 12.1 Å². The summed E-state index contributed by atoms with van der Waals surface area (Å²) in [5.41, 5.74) is 0.914. The summed E-state index contributed by atoms with van der Waals surface area (Å²) in [5.74, 6) is -1.06. The van der Waals surface area contributed by atoms with Crippen LogP contribution in [0.1, 0.15) is 35.3 Å². The van der Waals surface area contributed by atoms with Crippen LogP contribution in [0.3, 0.4) is 0 Å². The first-order valence-electron chi connectivity index (χ1n) is 6.07. The van der Waals surface area contributed by atoms with Gasteiger partial charge in [0.05, 0.1) is 11.1 Å². The van der Waals surface area contributed by atoms with Crippen molar-refractivity contribution >= 4 is 5.91 Å². The summed E-state index contributed by atoms with van der Waals surface area (Å²) in [6.45, 7) is 2.98. The summed E-state index contributed by atoms with van der Waals surface area (Å²) in [7, 11) is 0. The number of halogens is 6. The molecule has 0 atom stereocenters. The number of alkyl halides is 6. The molecule has 1 amide bonds. The average Bonchev–Trinajstić information content (AvgIpc) is 2.32. The molecule has 1 rings (SSSR count). The second kappa shape index (κ2) is 5.79. The van der Waals surface area contributed by atoms with E-state index < -0.39 is 40.5 Å². The molecule has 0 spiro atoms. The van der Waals surface area contributed by atoms with Gasteiger partial charge in [0.25, 0.3) is 5.91 Å². The zero-order chi connectivity index (χ0) is 17.3. The molecule has 0 radical (unpaired) electrons. The van der Waals surface area contributed by atoms with Crippen molar-refractivity contribution in [1.82, 2.24) is 5.32 Å². The third-order valence-corrected chi connectivity index (χ3v) is 2.55.